The normalized spacial score (nSPS) is 13.2. The van der Waals surface area contributed by atoms with Gasteiger partial charge in [0, 0.05) is 30.4 Å². The second kappa shape index (κ2) is 6.74. The van der Waals surface area contributed by atoms with E-state index in [9.17, 15) is 9.59 Å². The molecule has 5 nitrogen and oxygen atoms in total. The monoisotopic (exact) mass is 324 g/mol. The average molecular weight is 324 g/mol. The second-order valence-electron chi connectivity index (χ2n) is 5.80. The minimum absolute atomic E-state index is 0.0228. The third-order valence-corrected chi connectivity index (χ3v) is 4.19. The summed E-state index contributed by atoms with van der Waals surface area (Å²) in [7, 11) is 1.59. The number of hydrogen-bond acceptors (Lipinski definition) is 3. The van der Waals surface area contributed by atoms with E-state index in [0.717, 1.165) is 30.6 Å². The fourth-order valence-corrected chi connectivity index (χ4v) is 2.93. The van der Waals surface area contributed by atoms with Gasteiger partial charge in [0.2, 0.25) is 5.91 Å². The van der Waals surface area contributed by atoms with E-state index in [0.29, 0.717) is 17.0 Å². The summed E-state index contributed by atoms with van der Waals surface area (Å²) >= 11 is 0. The van der Waals surface area contributed by atoms with E-state index >= 15 is 0 Å². The molecule has 0 atom stereocenters. The van der Waals surface area contributed by atoms with Crippen LogP contribution in [0, 0.1) is 0 Å². The van der Waals surface area contributed by atoms with Gasteiger partial charge in [-0.15, -0.1) is 0 Å². The van der Waals surface area contributed by atoms with Crippen LogP contribution in [0.25, 0.3) is 0 Å². The van der Waals surface area contributed by atoms with Crippen molar-refractivity contribution in [2.24, 2.45) is 0 Å². The smallest absolute Gasteiger partial charge is 0.255 e. The summed E-state index contributed by atoms with van der Waals surface area (Å²) in [5.41, 5.74) is 3.26. The molecule has 24 heavy (non-hydrogen) atoms. The lowest BCUT2D eigenvalue weighted by Crippen LogP contribution is -2.33. The number of nitrogens with zero attached hydrogens (tertiary/aromatic N) is 1. The average Bonchev–Trinajstić information content (AvgIpc) is 2.61. The first-order valence-corrected chi connectivity index (χ1v) is 7.95. The molecule has 1 N–H and O–H groups in total. The van der Waals surface area contributed by atoms with Crippen molar-refractivity contribution in [1.29, 1.82) is 0 Å². The summed E-state index contributed by atoms with van der Waals surface area (Å²) in [4.78, 5) is 25.9. The third-order valence-electron chi connectivity index (χ3n) is 4.19. The standard InChI is InChI=1S/C19H20N2O3/c1-13(22)21-11-3-4-14-5-8-16(12-18(14)21)20-19(23)15-6-9-17(24-2)10-7-15/h5-10,12H,3-4,11H2,1-2H3,(H,20,23). The number of ether oxygens (including phenoxy) is 1. The SMILES string of the molecule is COc1ccc(C(=O)Nc2ccc3c(c2)N(C(C)=O)CCC3)cc1. The molecule has 3 rings (SSSR count). The Hall–Kier alpha value is -2.82. The maximum atomic E-state index is 12.4. The predicted octanol–water partition coefficient (Wildman–Crippen LogP) is 3.25. The molecule has 0 fully saturated rings. The number of benzene rings is 2. The van der Waals surface area contributed by atoms with Gasteiger partial charge in [0.1, 0.15) is 5.75 Å². The fraction of sp³-hybridized carbons (Fsp3) is 0.263. The summed E-state index contributed by atoms with van der Waals surface area (Å²) in [5, 5.41) is 2.89. The van der Waals surface area contributed by atoms with Crippen molar-refractivity contribution in [3.63, 3.8) is 0 Å². The van der Waals surface area contributed by atoms with Crippen molar-refractivity contribution in [3.05, 3.63) is 53.6 Å². The van der Waals surface area contributed by atoms with Crippen LogP contribution >= 0.6 is 0 Å². The Morgan fingerprint density at radius 2 is 1.88 bits per heavy atom. The van der Waals surface area contributed by atoms with E-state index in [1.807, 2.05) is 18.2 Å². The molecule has 0 saturated carbocycles. The lowest BCUT2D eigenvalue weighted by Gasteiger charge is -2.29. The van der Waals surface area contributed by atoms with Crippen LogP contribution in [0.4, 0.5) is 11.4 Å². The Morgan fingerprint density at radius 1 is 1.12 bits per heavy atom. The van der Waals surface area contributed by atoms with Crippen LogP contribution in [0.15, 0.2) is 42.5 Å². The Labute approximate surface area is 141 Å². The summed E-state index contributed by atoms with van der Waals surface area (Å²) in [6, 6.07) is 12.7. The zero-order valence-corrected chi connectivity index (χ0v) is 13.8. The topological polar surface area (TPSA) is 58.6 Å². The molecule has 0 unspecified atom stereocenters. The molecule has 2 amide bonds. The van der Waals surface area contributed by atoms with Crippen molar-refractivity contribution >= 4 is 23.2 Å². The molecule has 0 radical (unpaired) electrons. The van der Waals surface area contributed by atoms with Crippen LogP contribution in [0.3, 0.4) is 0 Å². The summed E-state index contributed by atoms with van der Waals surface area (Å²) in [6.07, 6.45) is 1.91. The summed E-state index contributed by atoms with van der Waals surface area (Å²) in [6.45, 7) is 2.29. The highest BCUT2D eigenvalue weighted by Gasteiger charge is 2.20. The number of carbonyl (C=O) groups excluding carboxylic acids is 2. The number of anilines is 2. The van der Waals surface area contributed by atoms with E-state index in [-0.39, 0.29) is 11.8 Å². The molecule has 0 saturated heterocycles. The van der Waals surface area contributed by atoms with Crippen molar-refractivity contribution < 1.29 is 14.3 Å². The lowest BCUT2D eigenvalue weighted by atomic mass is 10.0. The first-order valence-electron chi connectivity index (χ1n) is 7.95. The Morgan fingerprint density at radius 3 is 2.54 bits per heavy atom. The van der Waals surface area contributed by atoms with Crippen molar-refractivity contribution in [3.8, 4) is 5.75 Å². The molecule has 2 aromatic rings. The molecule has 124 valence electrons. The Balaban J connectivity index is 1.81. The van der Waals surface area contributed by atoms with Gasteiger partial charge in [-0.1, -0.05) is 6.07 Å². The van der Waals surface area contributed by atoms with E-state index in [2.05, 4.69) is 5.32 Å². The molecule has 0 spiro atoms. The molecule has 0 bridgehead atoms. The second-order valence-corrected chi connectivity index (χ2v) is 5.80. The molecular formula is C19H20N2O3. The van der Waals surface area contributed by atoms with Gasteiger partial charge in [-0.05, 0) is 54.8 Å². The van der Waals surface area contributed by atoms with E-state index in [4.69, 9.17) is 4.74 Å². The van der Waals surface area contributed by atoms with E-state index in [1.165, 1.54) is 0 Å². The largest absolute Gasteiger partial charge is 0.497 e. The number of methoxy groups -OCH3 is 1. The number of rotatable bonds is 3. The zero-order chi connectivity index (χ0) is 17.1. The number of amides is 2. The number of carbonyl (C=O) groups is 2. The van der Waals surface area contributed by atoms with Crippen LogP contribution in [-0.2, 0) is 11.2 Å². The molecule has 0 aromatic heterocycles. The van der Waals surface area contributed by atoms with E-state index < -0.39 is 0 Å². The molecule has 1 aliphatic rings. The van der Waals surface area contributed by atoms with Crippen LogP contribution in [-0.4, -0.2) is 25.5 Å². The van der Waals surface area contributed by atoms with Crippen molar-refractivity contribution in [1.82, 2.24) is 0 Å². The highest BCUT2D eigenvalue weighted by molar-refractivity contribution is 6.05. The minimum Gasteiger partial charge on any atom is -0.497 e. The quantitative estimate of drug-likeness (QED) is 0.943. The van der Waals surface area contributed by atoms with Crippen LogP contribution < -0.4 is 15.0 Å². The predicted molar refractivity (Wildman–Crippen MR) is 93.7 cm³/mol. The zero-order valence-electron chi connectivity index (χ0n) is 13.8. The van der Waals surface area contributed by atoms with Gasteiger partial charge in [-0.2, -0.15) is 0 Å². The number of fused-ring (bicyclic) bond motifs is 1. The van der Waals surface area contributed by atoms with Crippen molar-refractivity contribution in [2.75, 3.05) is 23.9 Å². The molecule has 1 aliphatic heterocycles. The van der Waals surface area contributed by atoms with Gasteiger partial charge in [-0.3, -0.25) is 9.59 Å². The number of aryl methyl sites for hydroxylation is 1. The Kier molecular flexibility index (Phi) is 4.51. The molecule has 1 heterocycles. The first-order chi connectivity index (χ1) is 11.6. The van der Waals surface area contributed by atoms with Gasteiger partial charge in [0.25, 0.3) is 5.91 Å². The van der Waals surface area contributed by atoms with Gasteiger partial charge >= 0.3 is 0 Å². The van der Waals surface area contributed by atoms with E-state index in [1.54, 1.807) is 43.2 Å². The molecule has 5 heteroatoms. The number of hydrogen-bond donors (Lipinski definition) is 1. The van der Waals surface area contributed by atoms with Gasteiger partial charge in [0.15, 0.2) is 0 Å². The highest BCUT2D eigenvalue weighted by Crippen LogP contribution is 2.30. The van der Waals surface area contributed by atoms with Gasteiger partial charge in [0.05, 0.1) is 7.11 Å². The Bertz CT molecular complexity index is 769. The summed E-state index contributed by atoms with van der Waals surface area (Å²) in [5.74, 6) is 0.537. The van der Waals surface area contributed by atoms with Crippen LogP contribution in [0.5, 0.6) is 5.75 Å². The molecular weight excluding hydrogens is 304 g/mol. The van der Waals surface area contributed by atoms with Crippen LogP contribution in [0.2, 0.25) is 0 Å². The first kappa shape index (κ1) is 16.1. The van der Waals surface area contributed by atoms with Crippen molar-refractivity contribution in [2.45, 2.75) is 19.8 Å². The lowest BCUT2D eigenvalue weighted by molar-refractivity contribution is -0.116. The molecule has 0 aliphatic carbocycles. The number of nitrogens with one attached hydrogen (secondary N) is 1. The van der Waals surface area contributed by atoms with Gasteiger partial charge in [-0.25, -0.2) is 0 Å². The highest BCUT2D eigenvalue weighted by atomic mass is 16.5. The maximum absolute atomic E-state index is 12.4. The summed E-state index contributed by atoms with van der Waals surface area (Å²) < 4.78 is 5.09. The van der Waals surface area contributed by atoms with Gasteiger partial charge < -0.3 is 15.0 Å². The third kappa shape index (κ3) is 3.25. The van der Waals surface area contributed by atoms with Crippen LogP contribution in [0.1, 0.15) is 29.3 Å². The minimum atomic E-state index is -0.192. The molecule has 2 aromatic carbocycles. The fourth-order valence-electron chi connectivity index (χ4n) is 2.93. The maximum Gasteiger partial charge on any atom is 0.255 e.